The van der Waals surface area contributed by atoms with Gasteiger partial charge in [-0.05, 0) is 40.2 Å². The average molecular weight is 317 g/mol. The third kappa shape index (κ3) is 3.38. The highest BCUT2D eigenvalue weighted by molar-refractivity contribution is 9.10. The van der Waals surface area contributed by atoms with Crippen LogP contribution in [0.25, 0.3) is 0 Å². The first-order valence-electron chi connectivity index (χ1n) is 4.81. The van der Waals surface area contributed by atoms with Crippen molar-refractivity contribution in [2.75, 3.05) is 5.32 Å². The van der Waals surface area contributed by atoms with Crippen molar-refractivity contribution in [3.05, 3.63) is 51.6 Å². The Bertz CT molecular complexity index is 519. The molecular formula is C11H8BrClFN3. The fraction of sp³-hybridized carbons (Fsp3) is 0.0909. The summed E-state index contributed by atoms with van der Waals surface area (Å²) in [6.45, 7) is 0.464. The van der Waals surface area contributed by atoms with Crippen LogP contribution >= 0.6 is 27.5 Å². The number of nitrogens with one attached hydrogen (secondary N) is 1. The van der Waals surface area contributed by atoms with Crippen LogP contribution in [0.15, 0.2) is 34.9 Å². The Morgan fingerprint density at radius 1 is 1.29 bits per heavy atom. The first kappa shape index (κ1) is 12.3. The number of aromatic nitrogens is 2. The Morgan fingerprint density at radius 2 is 2.12 bits per heavy atom. The molecule has 0 unspecified atom stereocenters. The molecule has 2 rings (SSSR count). The van der Waals surface area contributed by atoms with Crippen LogP contribution in [0.2, 0.25) is 5.02 Å². The lowest BCUT2D eigenvalue weighted by molar-refractivity contribution is 0.578. The predicted molar refractivity (Wildman–Crippen MR) is 68.5 cm³/mol. The fourth-order valence-corrected chi connectivity index (χ4v) is 1.54. The maximum Gasteiger partial charge on any atom is 0.229 e. The van der Waals surface area contributed by atoms with Crippen LogP contribution in [0.4, 0.5) is 10.2 Å². The van der Waals surface area contributed by atoms with E-state index in [1.807, 2.05) is 0 Å². The van der Waals surface area contributed by atoms with E-state index in [1.54, 1.807) is 30.5 Å². The van der Waals surface area contributed by atoms with Crippen molar-refractivity contribution in [3.8, 4) is 0 Å². The molecule has 0 fully saturated rings. The highest BCUT2D eigenvalue weighted by Crippen LogP contribution is 2.16. The van der Waals surface area contributed by atoms with Crippen molar-refractivity contribution in [3.63, 3.8) is 0 Å². The van der Waals surface area contributed by atoms with Crippen LogP contribution in [0.3, 0.4) is 0 Å². The Labute approximate surface area is 111 Å². The zero-order valence-corrected chi connectivity index (χ0v) is 11.0. The van der Waals surface area contributed by atoms with Gasteiger partial charge in [0.2, 0.25) is 5.95 Å². The van der Waals surface area contributed by atoms with Gasteiger partial charge in [-0.2, -0.15) is 4.39 Å². The number of halogens is 3. The fourth-order valence-electron chi connectivity index (χ4n) is 1.21. The molecule has 2 aromatic heterocycles. The summed E-state index contributed by atoms with van der Waals surface area (Å²) in [5, 5.41) is 3.56. The molecule has 2 aromatic rings. The summed E-state index contributed by atoms with van der Waals surface area (Å²) in [5.41, 5.74) is 0.805. The minimum absolute atomic E-state index is 0.340. The normalized spacial score (nSPS) is 10.3. The van der Waals surface area contributed by atoms with E-state index in [0.29, 0.717) is 21.9 Å². The van der Waals surface area contributed by atoms with Gasteiger partial charge in [0.15, 0.2) is 0 Å². The molecule has 0 saturated carbocycles. The molecule has 0 radical (unpaired) electrons. The van der Waals surface area contributed by atoms with Crippen molar-refractivity contribution >= 4 is 33.3 Å². The molecule has 17 heavy (non-hydrogen) atoms. The van der Waals surface area contributed by atoms with Gasteiger partial charge in [-0.3, -0.25) is 4.98 Å². The number of hydrogen-bond acceptors (Lipinski definition) is 3. The molecule has 0 atom stereocenters. The Morgan fingerprint density at radius 3 is 2.76 bits per heavy atom. The van der Waals surface area contributed by atoms with Gasteiger partial charge in [0.25, 0.3) is 0 Å². The number of hydrogen-bond donors (Lipinski definition) is 1. The van der Waals surface area contributed by atoms with Crippen molar-refractivity contribution in [2.45, 2.75) is 6.54 Å². The number of pyridine rings is 2. The maximum absolute atomic E-state index is 13.1. The van der Waals surface area contributed by atoms with Gasteiger partial charge in [0.05, 0.1) is 21.7 Å². The van der Waals surface area contributed by atoms with Gasteiger partial charge in [0, 0.05) is 6.20 Å². The summed E-state index contributed by atoms with van der Waals surface area (Å²) in [4.78, 5) is 7.83. The molecule has 0 saturated heterocycles. The topological polar surface area (TPSA) is 37.8 Å². The zero-order valence-electron chi connectivity index (χ0n) is 8.62. The van der Waals surface area contributed by atoms with Crippen LogP contribution in [0, 0.1) is 5.95 Å². The van der Waals surface area contributed by atoms with Gasteiger partial charge in [-0.15, -0.1) is 0 Å². The van der Waals surface area contributed by atoms with E-state index in [2.05, 4.69) is 31.2 Å². The second kappa shape index (κ2) is 5.42. The Hall–Kier alpha value is -1.20. The summed E-state index contributed by atoms with van der Waals surface area (Å²) in [5.74, 6) is -0.0819. The average Bonchev–Trinajstić information content (AvgIpc) is 2.33. The lowest BCUT2D eigenvalue weighted by Gasteiger charge is -2.05. The third-order valence-corrected chi connectivity index (χ3v) is 2.86. The molecule has 0 spiro atoms. The first-order chi connectivity index (χ1) is 8.15. The van der Waals surface area contributed by atoms with Gasteiger partial charge >= 0.3 is 0 Å². The first-order valence-corrected chi connectivity index (χ1v) is 5.98. The molecule has 0 aliphatic carbocycles. The van der Waals surface area contributed by atoms with Gasteiger partial charge in [0.1, 0.15) is 5.82 Å². The molecule has 0 aromatic carbocycles. The lowest BCUT2D eigenvalue weighted by atomic mass is 10.3. The molecule has 3 nitrogen and oxygen atoms in total. The van der Waals surface area contributed by atoms with Crippen LogP contribution < -0.4 is 5.32 Å². The van der Waals surface area contributed by atoms with Crippen molar-refractivity contribution in [1.82, 2.24) is 9.97 Å². The molecule has 88 valence electrons. The Kier molecular flexibility index (Phi) is 3.91. The molecular weight excluding hydrogens is 308 g/mol. The Balaban J connectivity index is 2.02. The highest BCUT2D eigenvalue weighted by atomic mass is 79.9. The quantitative estimate of drug-likeness (QED) is 0.879. The number of nitrogens with zero attached hydrogens (tertiary/aromatic N) is 2. The van der Waals surface area contributed by atoms with E-state index in [4.69, 9.17) is 11.6 Å². The van der Waals surface area contributed by atoms with E-state index in [0.717, 1.165) is 5.69 Å². The highest BCUT2D eigenvalue weighted by Gasteiger charge is 2.02. The lowest BCUT2D eigenvalue weighted by Crippen LogP contribution is -2.03. The third-order valence-electron chi connectivity index (χ3n) is 2.04. The summed E-state index contributed by atoms with van der Waals surface area (Å²) in [7, 11) is 0. The standard InChI is InChI=1S/C11H8BrClFN3/c12-9-3-4-10(17-11(9)14)16-6-8-2-1-7(13)5-15-8/h1-5H,6H2,(H,16,17). The van der Waals surface area contributed by atoms with Crippen LogP contribution in [-0.4, -0.2) is 9.97 Å². The molecule has 6 heteroatoms. The van der Waals surface area contributed by atoms with Gasteiger partial charge in [-0.25, -0.2) is 4.98 Å². The minimum atomic E-state index is -0.543. The molecule has 1 N–H and O–H groups in total. The van der Waals surface area contributed by atoms with E-state index in [9.17, 15) is 4.39 Å². The van der Waals surface area contributed by atoms with E-state index >= 15 is 0 Å². The summed E-state index contributed by atoms with van der Waals surface area (Å²) >= 11 is 8.76. The van der Waals surface area contributed by atoms with Gasteiger partial charge in [-0.1, -0.05) is 11.6 Å². The molecule has 0 bridgehead atoms. The smallest absolute Gasteiger partial charge is 0.229 e. The number of anilines is 1. The monoisotopic (exact) mass is 315 g/mol. The van der Waals surface area contributed by atoms with Crippen LogP contribution in [-0.2, 0) is 6.54 Å². The minimum Gasteiger partial charge on any atom is -0.364 e. The van der Waals surface area contributed by atoms with E-state index in [1.165, 1.54) is 0 Å². The van der Waals surface area contributed by atoms with Gasteiger partial charge < -0.3 is 5.32 Å². The van der Waals surface area contributed by atoms with E-state index in [-0.39, 0.29) is 0 Å². The molecule has 0 aliphatic heterocycles. The largest absolute Gasteiger partial charge is 0.364 e. The van der Waals surface area contributed by atoms with Crippen molar-refractivity contribution in [2.24, 2.45) is 0 Å². The number of rotatable bonds is 3. The maximum atomic E-state index is 13.1. The van der Waals surface area contributed by atoms with E-state index < -0.39 is 5.95 Å². The molecule has 2 heterocycles. The molecule has 0 aliphatic rings. The van der Waals surface area contributed by atoms with Crippen LogP contribution in [0.1, 0.15) is 5.69 Å². The molecule has 0 amide bonds. The zero-order chi connectivity index (χ0) is 12.3. The summed E-state index contributed by atoms with van der Waals surface area (Å²) < 4.78 is 13.5. The summed E-state index contributed by atoms with van der Waals surface area (Å²) in [6, 6.07) is 6.83. The van der Waals surface area contributed by atoms with Crippen molar-refractivity contribution < 1.29 is 4.39 Å². The van der Waals surface area contributed by atoms with Crippen molar-refractivity contribution in [1.29, 1.82) is 0 Å². The second-order valence-electron chi connectivity index (χ2n) is 3.29. The predicted octanol–water partition coefficient (Wildman–Crippen LogP) is 3.64. The summed E-state index contributed by atoms with van der Waals surface area (Å²) in [6.07, 6.45) is 1.56. The SMILES string of the molecule is Fc1nc(NCc2ccc(Cl)cn2)ccc1Br. The van der Waals surface area contributed by atoms with Crippen LogP contribution in [0.5, 0.6) is 0 Å². The second-order valence-corrected chi connectivity index (χ2v) is 4.58.